The molecule has 0 saturated heterocycles. The third-order valence-corrected chi connectivity index (χ3v) is 5.45. The van der Waals surface area contributed by atoms with Crippen molar-refractivity contribution in [1.29, 1.82) is 0 Å². The molecule has 4 nitrogen and oxygen atoms in total. The molecule has 0 spiro atoms. The molecule has 1 aliphatic carbocycles. The first-order chi connectivity index (χ1) is 9.49. The van der Waals surface area contributed by atoms with Gasteiger partial charge in [-0.05, 0) is 31.2 Å². The van der Waals surface area contributed by atoms with Crippen LogP contribution >= 0.6 is 11.3 Å². The van der Waals surface area contributed by atoms with Gasteiger partial charge in [0.15, 0.2) is 0 Å². The van der Waals surface area contributed by atoms with E-state index in [2.05, 4.69) is 0 Å². The van der Waals surface area contributed by atoms with Gasteiger partial charge in [-0.25, -0.2) is 4.79 Å². The summed E-state index contributed by atoms with van der Waals surface area (Å²) in [6, 6.07) is 3.84. The third-order valence-electron chi connectivity index (χ3n) is 4.39. The summed E-state index contributed by atoms with van der Waals surface area (Å²) < 4.78 is 0. The van der Waals surface area contributed by atoms with E-state index < -0.39 is 11.5 Å². The van der Waals surface area contributed by atoms with Gasteiger partial charge in [0, 0.05) is 11.9 Å². The molecular weight excluding hydrogens is 274 g/mol. The lowest BCUT2D eigenvalue weighted by atomic mass is 9.80. The largest absolute Gasteiger partial charge is 0.479 e. The molecule has 110 valence electrons. The zero-order chi connectivity index (χ0) is 14.8. The zero-order valence-electron chi connectivity index (χ0n) is 12.0. The Morgan fingerprint density at radius 2 is 2.00 bits per heavy atom. The van der Waals surface area contributed by atoms with Crippen molar-refractivity contribution >= 4 is 23.2 Å². The predicted octanol–water partition coefficient (Wildman–Crippen LogP) is 3.10. The van der Waals surface area contributed by atoms with Gasteiger partial charge in [-0.1, -0.05) is 25.3 Å². The monoisotopic (exact) mass is 295 g/mol. The number of thiophene rings is 1. The Hall–Kier alpha value is -1.36. The maximum Gasteiger partial charge on any atom is 0.329 e. The number of carboxylic acid groups (broad SMARTS) is 1. The molecule has 1 amide bonds. The molecule has 0 bridgehead atoms. The first-order valence-electron chi connectivity index (χ1n) is 7.03. The summed E-state index contributed by atoms with van der Waals surface area (Å²) in [5.74, 6) is -1.25. The van der Waals surface area contributed by atoms with E-state index in [9.17, 15) is 14.7 Å². The molecule has 1 heterocycles. The van der Waals surface area contributed by atoms with E-state index in [1.807, 2.05) is 24.4 Å². The molecule has 20 heavy (non-hydrogen) atoms. The van der Waals surface area contributed by atoms with Crippen LogP contribution in [0.15, 0.2) is 17.5 Å². The number of amides is 1. The van der Waals surface area contributed by atoms with Crippen molar-refractivity contribution in [2.24, 2.45) is 0 Å². The van der Waals surface area contributed by atoms with Crippen LogP contribution in [0.25, 0.3) is 0 Å². The van der Waals surface area contributed by atoms with Crippen molar-refractivity contribution in [3.8, 4) is 0 Å². The van der Waals surface area contributed by atoms with Crippen molar-refractivity contribution in [3.63, 3.8) is 0 Å². The molecular formula is C15H21NO3S. The van der Waals surface area contributed by atoms with Crippen LogP contribution in [0.3, 0.4) is 0 Å². The Kier molecular flexibility index (Phi) is 4.48. The SMILES string of the molecule is CC(C(=O)N(C)C1(C(=O)O)CCCCC1)c1cccs1. The molecule has 1 aromatic heterocycles. The van der Waals surface area contributed by atoms with Crippen molar-refractivity contribution in [2.75, 3.05) is 7.05 Å². The molecule has 1 unspecified atom stereocenters. The van der Waals surface area contributed by atoms with Gasteiger partial charge in [0.05, 0.1) is 5.92 Å². The summed E-state index contributed by atoms with van der Waals surface area (Å²) >= 11 is 1.54. The Bertz CT molecular complexity index is 477. The average molecular weight is 295 g/mol. The molecule has 1 aromatic rings. The summed E-state index contributed by atoms with van der Waals surface area (Å²) in [5, 5.41) is 11.6. The van der Waals surface area contributed by atoms with Crippen molar-refractivity contribution in [1.82, 2.24) is 4.90 Å². The van der Waals surface area contributed by atoms with Crippen LogP contribution in [0, 0.1) is 0 Å². The molecule has 1 aliphatic rings. The smallest absolute Gasteiger partial charge is 0.329 e. The van der Waals surface area contributed by atoms with Gasteiger partial charge in [0.25, 0.3) is 0 Å². The number of hydrogen-bond donors (Lipinski definition) is 1. The molecule has 0 radical (unpaired) electrons. The highest BCUT2D eigenvalue weighted by Crippen LogP contribution is 2.35. The van der Waals surface area contributed by atoms with E-state index in [1.165, 1.54) is 16.2 Å². The summed E-state index contributed by atoms with van der Waals surface area (Å²) in [6.45, 7) is 1.85. The maximum atomic E-state index is 12.6. The van der Waals surface area contributed by atoms with Crippen LogP contribution in [0.5, 0.6) is 0 Å². The van der Waals surface area contributed by atoms with Crippen molar-refractivity contribution in [2.45, 2.75) is 50.5 Å². The van der Waals surface area contributed by atoms with Crippen molar-refractivity contribution in [3.05, 3.63) is 22.4 Å². The third kappa shape index (κ3) is 2.59. The Balaban J connectivity index is 2.21. The highest BCUT2D eigenvalue weighted by atomic mass is 32.1. The van der Waals surface area contributed by atoms with Gasteiger partial charge in [-0.3, -0.25) is 4.79 Å². The summed E-state index contributed by atoms with van der Waals surface area (Å²) in [4.78, 5) is 26.8. The second-order valence-corrected chi connectivity index (χ2v) is 6.51. The number of carboxylic acids is 1. The molecule has 1 atom stereocenters. The first-order valence-corrected chi connectivity index (χ1v) is 7.91. The van der Waals surface area contributed by atoms with Crippen LogP contribution in [0.2, 0.25) is 0 Å². The zero-order valence-corrected chi connectivity index (χ0v) is 12.8. The van der Waals surface area contributed by atoms with Gasteiger partial charge >= 0.3 is 5.97 Å². The molecule has 1 N–H and O–H groups in total. The van der Waals surface area contributed by atoms with Gasteiger partial charge in [-0.2, -0.15) is 0 Å². The van der Waals surface area contributed by atoms with Crippen LogP contribution in [0.4, 0.5) is 0 Å². The minimum absolute atomic E-state index is 0.100. The standard InChI is InChI=1S/C15H21NO3S/c1-11(12-7-6-10-20-12)13(17)16(2)15(14(18)19)8-4-3-5-9-15/h6-7,10-11H,3-5,8-9H2,1-2H3,(H,18,19). The number of likely N-dealkylation sites (N-methyl/N-ethyl adjacent to an activating group) is 1. The fraction of sp³-hybridized carbons (Fsp3) is 0.600. The molecule has 1 fully saturated rings. The minimum atomic E-state index is -1.01. The molecule has 1 saturated carbocycles. The first kappa shape index (κ1) is 15.0. The number of hydrogen-bond acceptors (Lipinski definition) is 3. The number of rotatable bonds is 4. The fourth-order valence-corrected chi connectivity index (χ4v) is 3.77. The lowest BCUT2D eigenvalue weighted by Gasteiger charge is -2.41. The Labute approximate surface area is 123 Å². The van der Waals surface area contributed by atoms with Gasteiger partial charge in [0.1, 0.15) is 5.54 Å². The van der Waals surface area contributed by atoms with Gasteiger partial charge in [-0.15, -0.1) is 11.3 Å². The van der Waals surface area contributed by atoms with Crippen LogP contribution in [-0.4, -0.2) is 34.5 Å². The quantitative estimate of drug-likeness (QED) is 0.928. The number of aliphatic carboxylic acids is 1. The topological polar surface area (TPSA) is 57.6 Å². The van der Waals surface area contributed by atoms with Crippen LogP contribution in [-0.2, 0) is 9.59 Å². The lowest BCUT2D eigenvalue weighted by molar-refractivity contribution is -0.160. The molecule has 0 aromatic carbocycles. The summed E-state index contributed by atoms with van der Waals surface area (Å²) in [5.41, 5.74) is -1.01. The molecule has 0 aliphatic heterocycles. The molecule has 2 rings (SSSR count). The summed E-state index contributed by atoms with van der Waals surface area (Å²) in [7, 11) is 1.64. The molecule has 5 heteroatoms. The highest BCUT2D eigenvalue weighted by Gasteiger charge is 2.46. The second kappa shape index (κ2) is 5.95. The lowest BCUT2D eigenvalue weighted by Crippen LogP contribution is -2.57. The van der Waals surface area contributed by atoms with Crippen LogP contribution in [0.1, 0.15) is 49.8 Å². The Morgan fingerprint density at radius 1 is 1.35 bits per heavy atom. The van der Waals surface area contributed by atoms with E-state index in [4.69, 9.17) is 0 Å². The van der Waals surface area contributed by atoms with E-state index in [0.29, 0.717) is 12.8 Å². The fourth-order valence-electron chi connectivity index (χ4n) is 2.99. The highest BCUT2D eigenvalue weighted by molar-refractivity contribution is 7.10. The predicted molar refractivity (Wildman–Crippen MR) is 79.0 cm³/mol. The van der Waals surface area contributed by atoms with E-state index in [1.54, 1.807) is 7.05 Å². The summed E-state index contributed by atoms with van der Waals surface area (Å²) in [6.07, 6.45) is 3.91. The van der Waals surface area contributed by atoms with Gasteiger partial charge in [0.2, 0.25) is 5.91 Å². The van der Waals surface area contributed by atoms with Crippen LogP contribution < -0.4 is 0 Å². The van der Waals surface area contributed by atoms with Gasteiger partial charge < -0.3 is 10.0 Å². The van der Waals surface area contributed by atoms with E-state index in [0.717, 1.165) is 24.1 Å². The van der Waals surface area contributed by atoms with E-state index >= 15 is 0 Å². The second-order valence-electron chi connectivity index (χ2n) is 5.53. The normalized spacial score (nSPS) is 19.3. The maximum absolute atomic E-state index is 12.6. The average Bonchev–Trinajstić information content (AvgIpc) is 2.99. The number of carbonyl (C=O) groups is 2. The van der Waals surface area contributed by atoms with E-state index in [-0.39, 0.29) is 11.8 Å². The number of carbonyl (C=O) groups excluding carboxylic acids is 1. The minimum Gasteiger partial charge on any atom is -0.479 e. The number of nitrogens with zero attached hydrogens (tertiary/aromatic N) is 1. The van der Waals surface area contributed by atoms with Crippen molar-refractivity contribution < 1.29 is 14.7 Å². The Morgan fingerprint density at radius 3 is 2.50 bits per heavy atom.